The van der Waals surface area contributed by atoms with Gasteiger partial charge in [0.25, 0.3) is 0 Å². The van der Waals surface area contributed by atoms with Crippen molar-refractivity contribution in [1.82, 2.24) is 4.98 Å². The average molecular weight is 205 g/mol. The number of methoxy groups -OCH3 is 1. The Morgan fingerprint density at radius 2 is 2.00 bits per heavy atom. The van der Waals surface area contributed by atoms with Gasteiger partial charge in [0.2, 0.25) is 0 Å². The van der Waals surface area contributed by atoms with Gasteiger partial charge in [0.1, 0.15) is 13.8 Å². The highest BCUT2D eigenvalue weighted by Crippen LogP contribution is 2.09. The van der Waals surface area contributed by atoms with Gasteiger partial charge in [-0.25, -0.2) is 0 Å². The highest BCUT2D eigenvalue weighted by Gasteiger charge is 2.07. The second-order valence-corrected chi connectivity index (χ2v) is 8.86. The Labute approximate surface area is 86.3 Å². The molecule has 14 heavy (non-hydrogen) atoms. The maximum absolute atomic E-state index is 5.07. The van der Waals surface area contributed by atoms with E-state index in [1.165, 1.54) is 0 Å². The molecule has 0 aliphatic heterocycles. The van der Waals surface area contributed by atoms with Crippen LogP contribution in [-0.2, 0) is 0 Å². The summed E-state index contributed by atoms with van der Waals surface area (Å²) >= 11 is 0. The lowest BCUT2D eigenvalue weighted by Gasteiger charge is -2.03. The van der Waals surface area contributed by atoms with Crippen LogP contribution in [0.5, 0.6) is 5.75 Å². The summed E-state index contributed by atoms with van der Waals surface area (Å²) in [5, 5.41) is 0. The SMILES string of the molecule is COc1cncc(C#C[Si](C)(C)C)c1. The molecular formula is C11H15NOSi. The summed E-state index contributed by atoms with van der Waals surface area (Å²) in [5.41, 5.74) is 4.21. The van der Waals surface area contributed by atoms with Crippen LogP contribution in [-0.4, -0.2) is 20.2 Å². The molecule has 0 saturated heterocycles. The number of hydrogen-bond donors (Lipinski definition) is 0. The Bertz CT molecular complexity index is 371. The van der Waals surface area contributed by atoms with E-state index in [2.05, 4.69) is 36.1 Å². The van der Waals surface area contributed by atoms with Crippen LogP contribution < -0.4 is 4.74 Å². The molecule has 0 radical (unpaired) electrons. The maximum Gasteiger partial charge on any atom is 0.138 e. The Kier molecular flexibility index (Phi) is 3.31. The van der Waals surface area contributed by atoms with Crippen molar-refractivity contribution in [2.45, 2.75) is 19.6 Å². The zero-order chi connectivity index (χ0) is 10.6. The highest BCUT2D eigenvalue weighted by atomic mass is 28.3. The van der Waals surface area contributed by atoms with Gasteiger partial charge < -0.3 is 4.74 Å². The fourth-order valence-electron chi connectivity index (χ4n) is 0.858. The fraction of sp³-hybridized carbons (Fsp3) is 0.364. The summed E-state index contributed by atoms with van der Waals surface area (Å²) in [6.45, 7) is 6.65. The summed E-state index contributed by atoms with van der Waals surface area (Å²) in [6, 6.07) is 1.90. The van der Waals surface area contributed by atoms with E-state index in [1.54, 1.807) is 19.5 Å². The van der Waals surface area contributed by atoms with E-state index in [4.69, 9.17) is 4.74 Å². The lowest BCUT2D eigenvalue weighted by atomic mass is 10.3. The van der Waals surface area contributed by atoms with E-state index in [0.717, 1.165) is 11.3 Å². The summed E-state index contributed by atoms with van der Waals surface area (Å²) in [6.07, 6.45) is 3.44. The van der Waals surface area contributed by atoms with Gasteiger partial charge in [0.05, 0.1) is 13.3 Å². The normalized spacial score (nSPS) is 10.3. The third kappa shape index (κ3) is 3.63. The number of nitrogens with zero attached hydrogens (tertiary/aromatic N) is 1. The molecule has 1 rings (SSSR count). The molecule has 0 atom stereocenters. The van der Waals surface area contributed by atoms with Crippen LogP contribution in [0.4, 0.5) is 0 Å². The van der Waals surface area contributed by atoms with Gasteiger partial charge in [-0.05, 0) is 6.07 Å². The van der Waals surface area contributed by atoms with Crippen LogP contribution in [0, 0.1) is 11.5 Å². The van der Waals surface area contributed by atoms with Crippen LogP contribution in [0.1, 0.15) is 5.56 Å². The predicted molar refractivity (Wildman–Crippen MR) is 61.0 cm³/mol. The first kappa shape index (κ1) is 10.8. The first-order valence-corrected chi connectivity index (χ1v) is 8.03. The zero-order valence-electron chi connectivity index (χ0n) is 9.09. The molecule has 0 spiro atoms. The van der Waals surface area contributed by atoms with E-state index in [1.807, 2.05) is 6.07 Å². The fourth-order valence-corrected chi connectivity index (χ4v) is 1.38. The van der Waals surface area contributed by atoms with Crippen molar-refractivity contribution < 1.29 is 4.74 Å². The number of aromatic nitrogens is 1. The van der Waals surface area contributed by atoms with Gasteiger partial charge in [0, 0.05) is 11.8 Å². The van der Waals surface area contributed by atoms with Crippen molar-refractivity contribution in [3.63, 3.8) is 0 Å². The molecule has 0 unspecified atom stereocenters. The molecule has 0 amide bonds. The lowest BCUT2D eigenvalue weighted by Crippen LogP contribution is -2.16. The number of rotatable bonds is 1. The number of pyridine rings is 1. The van der Waals surface area contributed by atoms with Gasteiger partial charge in [0.15, 0.2) is 0 Å². The molecule has 74 valence electrons. The van der Waals surface area contributed by atoms with Crippen molar-refractivity contribution in [3.8, 4) is 17.2 Å². The maximum atomic E-state index is 5.07. The third-order valence-electron chi connectivity index (χ3n) is 1.53. The quantitative estimate of drug-likeness (QED) is 0.518. The monoisotopic (exact) mass is 205 g/mol. The minimum absolute atomic E-state index is 0.757. The van der Waals surface area contributed by atoms with Crippen LogP contribution in [0.25, 0.3) is 0 Å². The molecule has 1 aromatic rings. The summed E-state index contributed by atoms with van der Waals surface area (Å²) < 4.78 is 5.07. The molecule has 1 aromatic heterocycles. The van der Waals surface area contributed by atoms with Crippen LogP contribution in [0.3, 0.4) is 0 Å². The first-order chi connectivity index (χ1) is 6.51. The van der Waals surface area contributed by atoms with Gasteiger partial charge in [-0.2, -0.15) is 0 Å². The minimum atomic E-state index is -1.30. The Hall–Kier alpha value is -1.27. The molecular weight excluding hydrogens is 190 g/mol. The highest BCUT2D eigenvalue weighted by molar-refractivity contribution is 6.83. The topological polar surface area (TPSA) is 22.1 Å². The van der Waals surface area contributed by atoms with Gasteiger partial charge in [-0.1, -0.05) is 25.6 Å². The van der Waals surface area contributed by atoms with Gasteiger partial charge in [-0.3, -0.25) is 4.98 Å². The van der Waals surface area contributed by atoms with E-state index in [0.29, 0.717) is 0 Å². The molecule has 0 saturated carbocycles. The molecule has 0 aliphatic rings. The van der Waals surface area contributed by atoms with Crippen molar-refractivity contribution in [3.05, 3.63) is 24.0 Å². The molecule has 0 N–H and O–H groups in total. The Morgan fingerprint density at radius 1 is 1.29 bits per heavy atom. The Morgan fingerprint density at radius 3 is 2.57 bits per heavy atom. The van der Waals surface area contributed by atoms with Gasteiger partial charge >= 0.3 is 0 Å². The molecule has 0 fully saturated rings. The lowest BCUT2D eigenvalue weighted by molar-refractivity contribution is 0.413. The summed E-state index contributed by atoms with van der Waals surface area (Å²) in [5.74, 6) is 3.89. The summed E-state index contributed by atoms with van der Waals surface area (Å²) in [4.78, 5) is 4.04. The largest absolute Gasteiger partial charge is 0.495 e. The van der Waals surface area contributed by atoms with Crippen molar-refractivity contribution in [2.24, 2.45) is 0 Å². The van der Waals surface area contributed by atoms with Gasteiger partial charge in [-0.15, -0.1) is 5.54 Å². The number of ether oxygens (including phenoxy) is 1. The molecule has 2 nitrogen and oxygen atoms in total. The molecule has 0 bridgehead atoms. The molecule has 0 aromatic carbocycles. The van der Waals surface area contributed by atoms with E-state index < -0.39 is 8.07 Å². The third-order valence-corrected chi connectivity index (χ3v) is 2.41. The Balaban J connectivity index is 2.90. The smallest absolute Gasteiger partial charge is 0.138 e. The standard InChI is InChI=1S/C11H15NOSi/c1-13-11-7-10(8-12-9-11)5-6-14(2,3)4/h7-9H,1-4H3. The van der Waals surface area contributed by atoms with Crippen molar-refractivity contribution in [1.29, 1.82) is 0 Å². The number of hydrogen-bond acceptors (Lipinski definition) is 2. The van der Waals surface area contributed by atoms with Crippen molar-refractivity contribution >= 4 is 8.07 Å². The van der Waals surface area contributed by atoms with Crippen molar-refractivity contribution in [2.75, 3.05) is 7.11 Å². The van der Waals surface area contributed by atoms with E-state index in [-0.39, 0.29) is 0 Å². The second kappa shape index (κ2) is 4.29. The molecule has 3 heteroatoms. The minimum Gasteiger partial charge on any atom is -0.495 e. The zero-order valence-corrected chi connectivity index (χ0v) is 10.1. The summed E-state index contributed by atoms with van der Waals surface area (Å²) in [7, 11) is 0.334. The molecule has 1 heterocycles. The first-order valence-electron chi connectivity index (χ1n) is 4.53. The van der Waals surface area contributed by atoms with Crippen LogP contribution in [0.2, 0.25) is 19.6 Å². The molecule has 0 aliphatic carbocycles. The second-order valence-electron chi connectivity index (χ2n) is 4.11. The van der Waals surface area contributed by atoms with E-state index in [9.17, 15) is 0 Å². The van der Waals surface area contributed by atoms with Crippen LogP contribution in [0.15, 0.2) is 18.5 Å². The average Bonchev–Trinajstić information content (AvgIpc) is 2.14. The predicted octanol–water partition coefficient (Wildman–Crippen LogP) is 2.32. The van der Waals surface area contributed by atoms with Crippen LogP contribution >= 0.6 is 0 Å². The van der Waals surface area contributed by atoms with E-state index >= 15 is 0 Å².